The summed E-state index contributed by atoms with van der Waals surface area (Å²) in [4.78, 5) is 7.99. The molecular formula is C29H50FeN2P2Si. The van der Waals surface area contributed by atoms with Gasteiger partial charge in [0.2, 0.25) is 0 Å². The Morgan fingerprint density at radius 3 is 1.63 bits per heavy atom. The molecule has 0 aliphatic carbocycles. The Hall–Kier alpha value is 1.52. The van der Waals surface area contributed by atoms with Crippen LogP contribution in [0.1, 0.15) is 59.3 Å². The molecule has 0 radical (unpaired) electrons. The predicted octanol–water partition coefficient (Wildman–Crippen LogP) is 7.55. The van der Waals surface area contributed by atoms with Gasteiger partial charge in [0.15, 0.2) is 0 Å². The van der Waals surface area contributed by atoms with E-state index in [2.05, 4.69) is 69.5 Å². The van der Waals surface area contributed by atoms with Crippen LogP contribution in [-0.4, -0.2) is 44.6 Å². The summed E-state index contributed by atoms with van der Waals surface area (Å²) in [6.45, 7) is 15.7. The van der Waals surface area contributed by atoms with Gasteiger partial charge in [0.25, 0.3) is 0 Å². The van der Waals surface area contributed by atoms with E-state index in [-0.39, 0.29) is 0 Å². The summed E-state index contributed by atoms with van der Waals surface area (Å²) in [6, 6.07) is 1.48. The first kappa shape index (κ1) is 20.4. The molecule has 0 amide bonds. The molecule has 198 valence electrons. The molecule has 12 fully saturated rings. The summed E-state index contributed by atoms with van der Waals surface area (Å²) in [5.41, 5.74) is 0.505. The zero-order valence-electron chi connectivity index (χ0n) is 23.0. The van der Waals surface area contributed by atoms with Crippen molar-refractivity contribution in [1.29, 1.82) is 0 Å². The first-order chi connectivity index (χ1) is 16.2. The molecule has 9 unspecified atom stereocenters. The molecule has 1 spiro atoms. The van der Waals surface area contributed by atoms with Gasteiger partial charge in [-0.2, -0.15) is 0 Å². The zero-order valence-corrected chi connectivity index (χ0v) is 27.4. The van der Waals surface area contributed by atoms with Gasteiger partial charge in [-0.05, 0) is 0 Å². The van der Waals surface area contributed by atoms with Gasteiger partial charge in [-0.3, -0.25) is 0 Å². The Labute approximate surface area is 209 Å². The summed E-state index contributed by atoms with van der Waals surface area (Å²) in [5.74, 6) is 0. The molecule has 0 aromatic rings. The molecule has 0 aromatic carbocycles. The summed E-state index contributed by atoms with van der Waals surface area (Å²) in [7, 11) is 6.12. The molecule has 12 saturated heterocycles. The fourth-order valence-corrected chi connectivity index (χ4v) is 146. The number of hydrogen-bond donors (Lipinski definition) is 2. The fourth-order valence-electron chi connectivity index (χ4n) is 27.4. The molecule has 6 heteroatoms. The standard InChI is InChI=1S/C24H45N2P2Si.C5H5.Fe/c1-23(2,3)22-18(29(4,5)6)15-17(16-27)21(22)24(28,19-11-7-9-13-25-19)20-12-8-10-14-26-20;1-2-4-5-3-1;/h15,19-20,25-26H,7-14,16,27-28H2,1-6H3;1-5H;. The molecule has 12 rings (SSSR count). The topological polar surface area (TPSA) is 24.1 Å². The van der Waals surface area contributed by atoms with Gasteiger partial charge in [-0.25, -0.2) is 0 Å². The number of rotatable bonds is 5. The summed E-state index contributed by atoms with van der Waals surface area (Å²) >= 11 is 0. The predicted molar refractivity (Wildman–Crippen MR) is 154 cm³/mol. The van der Waals surface area contributed by atoms with Crippen LogP contribution in [0.2, 0.25) is 65.4 Å². The number of fused-ring (bicyclic) bond motifs is 10. The van der Waals surface area contributed by atoms with Gasteiger partial charge < -0.3 is 0 Å². The number of hydrogen-bond acceptors (Lipinski definition) is 2. The first-order valence-corrected chi connectivity index (χ1v) is 26.3. The van der Waals surface area contributed by atoms with Crippen molar-refractivity contribution in [2.75, 3.05) is 19.3 Å². The third kappa shape index (κ3) is 0.403. The van der Waals surface area contributed by atoms with E-state index in [1.807, 2.05) is 0 Å². The van der Waals surface area contributed by atoms with Crippen LogP contribution in [0.15, 0.2) is 0 Å². The van der Waals surface area contributed by atoms with Gasteiger partial charge in [0, 0.05) is 0 Å². The van der Waals surface area contributed by atoms with Gasteiger partial charge in [-0.1, -0.05) is 0 Å². The number of nitrogens with one attached hydrogen (secondary N) is 2. The first-order valence-electron chi connectivity index (χ1n) is 15.4. The molecule has 12 aliphatic heterocycles. The summed E-state index contributed by atoms with van der Waals surface area (Å²) < 4.78 is 3.37. The molecular weight excluding hydrogens is 522 g/mol. The monoisotopic (exact) mass is 572 g/mol. The molecule has 35 heavy (non-hydrogen) atoms. The molecule has 12 heterocycles. The van der Waals surface area contributed by atoms with Crippen LogP contribution < -0.4 is 10.6 Å². The van der Waals surface area contributed by atoms with E-state index >= 15 is 0 Å². The van der Waals surface area contributed by atoms with Crippen molar-refractivity contribution < 1.29 is 6.51 Å². The van der Waals surface area contributed by atoms with E-state index < -0.39 is 14.6 Å². The second-order valence-electron chi connectivity index (χ2n) is 19.7. The van der Waals surface area contributed by atoms with Crippen molar-refractivity contribution in [3.63, 3.8) is 0 Å². The molecule has 12 aliphatic rings. The molecule has 0 saturated carbocycles. The Morgan fingerprint density at radius 2 is 1.31 bits per heavy atom. The van der Waals surface area contributed by atoms with E-state index in [9.17, 15) is 0 Å². The molecule has 2 nitrogen and oxygen atoms in total. The molecule has 0 bridgehead atoms. The van der Waals surface area contributed by atoms with Crippen molar-refractivity contribution >= 4 is 26.6 Å². The molecule has 2 N–H and O–H groups in total. The second kappa shape index (κ2) is 2.77. The van der Waals surface area contributed by atoms with E-state index in [1.165, 1.54) is 86.7 Å². The summed E-state index contributed by atoms with van der Waals surface area (Å²) in [6.07, 6.45) is 10.1. The van der Waals surface area contributed by atoms with E-state index in [0.717, 1.165) is 29.0 Å². The van der Waals surface area contributed by atoms with Crippen molar-refractivity contribution in [2.24, 2.45) is 5.41 Å². The van der Waals surface area contributed by atoms with Crippen molar-refractivity contribution in [2.45, 2.75) is 142 Å². The average molecular weight is 573 g/mol. The van der Waals surface area contributed by atoms with Crippen LogP contribution in [0.3, 0.4) is 0 Å². The maximum absolute atomic E-state index is 4.32. The van der Waals surface area contributed by atoms with Gasteiger partial charge in [-0.15, -0.1) is 0 Å². The van der Waals surface area contributed by atoms with Crippen molar-refractivity contribution in [1.82, 2.24) is 10.6 Å². The third-order valence-corrected chi connectivity index (χ3v) is 78.9. The average Bonchev–Trinajstić information content (AvgIpc) is 3.77. The van der Waals surface area contributed by atoms with Crippen LogP contribution in [0.25, 0.3) is 0 Å². The van der Waals surface area contributed by atoms with Crippen LogP contribution in [-0.2, 0) is 6.51 Å². The maximum atomic E-state index is 4.32. The Bertz CT molecular complexity index is 1540. The third-order valence-electron chi connectivity index (χ3n) is 22.3. The zero-order chi connectivity index (χ0) is 24.2. The van der Waals surface area contributed by atoms with E-state index in [1.54, 1.807) is 0 Å². The SMILES string of the molecule is CC(C)(C)[C]12[C]3(C(P)(C4CCCCN4)C4CCCCN4)[C]4(CP)[CH]5[C]1([Si](C)(C)C)[Fe]54321678[CH]2[CH]1[CH]6[CH]7[CH]28. The van der Waals surface area contributed by atoms with Gasteiger partial charge in [0.1, 0.15) is 0 Å². The molecule has 9 atom stereocenters. The second-order valence-corrected chi connectivity index (χ2v) is 49.5. The van der Waals surface area contributed by atoms with Crippen LogP contribution in [0.4, 0.5) is 0 Å². The Kier molecular flexibility index (Phi) is 1.62. The normalized spacial score (nSPS) is 82.9. The van der Waals surface area contributed by atoms with Gasteiger partial charge >= 0.3 is 210 Å². The van der Waals surface area contributed by atoms with Crippen LogP contribution in [0, 0.1) is 5.41 Å². The Morgan fingerprint density at radius 1 is 0.829 bits per heavy atom. The fraction of sp³-hybridized carbons (Fsp3) is 1.00. The Balaban J connectivity index is 1.28. The quantitative estimate of drug-likeness (QED) is 0.263. The number of piperidine rings is 2. The van der Waals surface area contributed by atoms with Crippen LogP contribution in [0.5, 0.6) is 0 Å². The minimum absolute atomic E-state index is 0.407. The van der Waals surface area contributed by atoms with Gasteiger partial charge in [0.05, 0.1) is 0 Å². The molecule has 0 aromatic heterocycles. The van der Waals surface area contributed by atoms with Crippen LogP contribution >= 0.6 is 18.5 Å². The van der Waals surface area contributed by atoms with E-state index in [4.69, 9.17) is 0 Å². The minimum atomic E-state index is -4.06. The summed E-state index contributed by atoms with van der Waals surface area (Å²) in [5, 5.41) is 9.04. The van der Waals surface area contributed by atoms with Crippen molar-refractivity contribution in [3.05, 3.63) is 0 Å². The van der Waals surface area contributed by atoms with E-state index in [0.29, 0.717) is 10.6 Å². The van der Waals surface area contributed by atoms with Crippen molar-refractivity contribution in [3.8, 4) is 0 Å².